The fourth-order valence-electron chi connectivity index (χ4n) is 2.47. The maximum Gasteiger partial charge on any atom is 0.0866 e. The van der Waals surface area contributed by atoms with Gasteiger partial charge in [-0.05, 0) is 29.4 Å². The Kier molecular flexibility index (Phi) is 3.45. The molecule has 0 radical (unpaired) electrons. The predicted octanol–water partition coefficient (Wildman–Crippen LogP) is 3.56. The number of hydrogen-bond donors (Lipinski definition) is 0. The zero-order chi connectivity index (χ0) is 13.2. The first-order valence-electron chi connectivity index (χ1n) is 6.58. The van der Waals surface area contributed by atoms with Crippen molar-refractivity contribution in [1.82, 2.24) is 0 Å². The number of nitrogens with zero attached hydrogens (tertiary/aromatic N) is 1. The summed E-state index contributed by atoms with van der Waals surface area (Å²) in [7, 11) is 0. The summed E-state index contributed by atoms with van der Waals surface area (Å²) >= 11 is 0. The Morgan fingerprint density at radius 2 is 1.67 bits per heavy atom. The van der Waals surface area contributed by atoms with E-state index in [0.717, 1.165) is 18.4 Å². The van der Waals surface area contributed by atoms with Crippen LogP contribution in [0.15, 0.2) is 24.3 Å². The van der Waals surface area contributed by atoms with Crippen LogP contribution in [0.4, 0.5) is 0 Å². The molecule has 0 N–H and O–H groups in total. The summed E-state index contributed by atoms with van der Waals surface area (Å²) in [6.45, 7) is 7.99. The summed E-state index contributed by atoms with van der Waals surface area (Å²) < 4.78 is 5.37. The third kappa shape index (κ3) is 2.42. The second-order valence-electron chi connectivity index (χ2n) is 6.13. The molecule has 1 heterocycles. The van der Waals surface area contributed by atoms with E-state index in [1.807, 2.05) is 0 Å². The zero-order valence-electron chi connectivity index (χ0n) is 11.5. The van der Waals surface area contributed by atoms with Gasteiger partial charge in [-0.2, -0.15) is 5.26 Å². The summed E-state index contributed by atoms with van der Waals surface area (Å²) in [5.41, 5.74) is 2.27. The van der Waals surface area contributed by atoms with Gasteiger partial charge in [0.05, 0.1) is 11.5 Å². The van der Waals surface area contributed by atoms with Crippen LogP contribution in [0.5, 0.6) is 0 Å². The molecule has 0 bridgehead atoms. The molecule has 1 aromatic rings. The molecule has 0 spiro atoms. The number of rotatable bonds is 1. The molecule has 0 aliphatic carbocycles. The van der Waals surface area contributed by atoms with Crippen LogP contribution in [0.1, 0.15) is 44.7 Å². The third-order valence-electron chi connectivity index (χ3n) is 3.86. The van der Waals surface area contributed by atoms with E-state index in [0.29, 0.717) is 13.2 Å². The maximum atomic E-state index is 9.52. The van der Waals surface area contributed by atoms with Gasteiger partial charge in [0.1, 0.15) is 0 Å². The first kappa shape index (κ1) is 13.1. The lowest BCUT2D eigenvalue weighted by molar-refractivity contribution is 0.0675. The number of nitriles is 1. The average molecular weight is 243 g/mol. The topological polar surface area (TPSA) is 33.0 Å². The molecular weight excluding hydrogens is 222 g/mol. The number of ether oxygens (including phenoxy) is 1. The molecule has 0 saturated carbocycles. The molecule has 1 aliphatic rings. The van der Waals surface area contributed by atoms with E-state index >= 15 is 0 Å². The standard InChI is InChI=1S/C16H21NO/c1-15(2,3)13-4-6-14(7-5-13)16(12-17)8-10-18-11-9-16/h4-7H,8-11H2,1-3H3. The fraction of sp³-hybridized carbons (Fsp3) is 0.562. The third-order valence-corrected chi connectivity index (χ3v) is 3.86. The molecule has 2 rings (SSSR count). The van der Waals surface area contributed by atoms with Crippen LogP contribution in [0.3, 0.4) is 0 Å². The molecule has 2 heteroatoms. The van der Waals surface area contributed by atoms with Crippen LogP contribution < -0.4 is 0 Å². The SMILES string of the molecule is CC(C)(C)c1ccc(C2(C#N)CCOCC2)cc1. The number of hydrogen-bond acceptors (Lipinski definition) is 2. The summed E-state index contributed by atoms with van der Waals surface area (Å²) in [5.74, 6) is 0. The van der Waals surface area contributed by atoms with Crippen LogP contribution in [0, 0.1) is 11.3 Å². The highest BCUT2D eigenvalue weighted by atomic mass is 16.5. The van der Waals surface area contributed by atoms with Gasteiger partial charge in [0.15, 0.2) is 0 Å². The Hall–Kier alpha value is -1.33. The first-order chi connectivity index (χ1) is 8.48. The quantitative estimate of drug-likeness (QED) is 0.755. The Morgan fingerprint density at radius 3 is 2.11 bits per heavy atom. The van der Waals surface area contributed by atoms with E-state index in [4.69, 9.17) is 4.74 Å². The Bertz CT molecular complexity index is 441. The van der Waals surface area contributed by atoms with Crippen molar-refractivity contribution in [3.8, 4) is 6.07 Å². The van der Waals surface area contributed by atoms with Crippen molar-refractivity contribution < 1.29 is 4.74 Å². The Balaban J connectivity index is 2.31. The van der Waals surface area contributed by atoms with E-state index in [-0.39, 0.29) is 10.8 Å². The molecule has 96 valence electrons. The van der Waals surface area contributed by atoms with Crippen molar-refractivity contribution in [2.45, 2.75) is 44.4 Å². The monoisotopic (exact) mass is 243 g/mol. The van der Waals surface area contributed by atoms with Gasteiger partial charge in [-0.25, -0.2) is 0 Å². The van der Waals surface area contributed by atoms with Gasteiger partial charge in [-0.1, -0.05) is 45.0 Å². The molecule has 0 amide bonds. The Labute approximate surface area is 110 Å². The lowest BCUT2D eigenvalue weighted by atomic mass is 9.74. The van der Waals surface area contributed by atoms with Crippen molar-refractivity contribution in [3.63, 3.8) is 0 Å². The van der Waals surface area contributed by atoms with Crippen LogP contribution in [-0.2, 0) is 15.6 Å². The second-order valence-corrected chi connectivity index (χ2v) is 6.13. The average Bonchev–Trinajstić information content (AvgIpc) is 2.39. The normalized spacial score (nSPS) is 19.2. The molecule has 1 saturated heterocycles. The lowest BCUT2D eigenvalue weighted by Crippen LogP contribution is -2.32. The zero-order valence-corrected chi connectivity index (χ0v) is 11.5. The van der Waals surface area contributed by atoms with Gasteiger partial charge in [0, 0.05) is 13.2 Å². The minimum absolute atomic E-state index is 0.161. The van der Waals surface area contributed by atoms with Gasteiger partial charge in [0.2, 0.25) is 0 Å². The molecular formula is C16H21NO. The molecule has 0 atom stereocenters. The summed E-state index contributed by atoms with van der Waals surface area (Å²) in [5, 5.41) is 9.52. The summed E-state index contributed by atoms with van der Waals surface area (Å²) in [4.78, 5) is 0. The van der Waals surface area contributed by atoms with E-state index in [1.54, 1.807) is 0 Å². The van der Waals surface area contributed by atoms with Crippen molar-refractivity contribution in [2.75, 3.05) is 13.2 Å². The van der Waals surface area contributed by atoms with Crippen molar-refractivity contribution in [1.29, 1.82) is 5.26 Å². The van der Waals surface area contributed by atoms with Gasteiger partial charge in [-0.15, -0.1) is 0 Å². The van der Waals surface area contributed by atoms with Crippen LogP contribution >= 0.6 is 0 Å². The van der Waals surface area contributed by atoms with E-state index in [2.05, 4.69) is 51.1 Å². The molecule has 0 aromatic heterocycles. The minimum atomic E-state index is -0.339. The molecule has 1 aromatic carbocycles. The largest absolute Gasteiger partial charge is 0.381 e. The van der Waals surface area contributed by atoms with Gasteiger partial charge in [-0.3, -0.25) is 0 Å². The first-order valence-corrected chi connectivity index (χ1v) is 6.58. The van der Waals surface area contributed by atoms with Gasteiger partial charge in [0.25, 0.3) is 0 Å². The van der Waals surface area contributed by atoms with Gasteiger partial charge < -0.3 is 4.74 Å². The smallest absolute Gasteiger partial charge is 0.0866 e. The maximum absolute atomic E-state index is 9.52. The molecule has 1 fully saturated rings. The fourth-order valence-corrected chi connectivity index (χ4v) is 2.47. The van der Waals surface area contributed by atoms with Crippen LogP contribution in [0.2, 0.25) is 0 Å². The van der Waals surface area contributed by atoms with Crippen LogP contribution in [0.25, 0.3) is 0 Å². The second kappa shape index (κ2) is 4.74. The van der Waals surface area contributed by atoms with E-state index in [9.17, 15) is 5.26 Å². The molecule has 1 aliphatic heterocycles. The minimum Gasteiger partial charge on any atom is -0.381 e. The predicted molar refractivity (Wildman–Crippen MR) is 72.5 cm³/mol. The number of benzene rings is 1. The molecule has 18 heavy (non-hydrogen) atoms. The molecule has 2 nitrogen and oxygen atoms in total. The highest BCUT2D eigenvalue weighted by Gasteiger charge is 2.34. The van der Waals surface area contributed by atoms with E-state index < -0.39 is 0 Å². The highest BCUT2D eigenvalue weighted by Crippen LogP contribution is 2.35. The van der Waals surface area contributed by atoms with Crippen LogP contribution in [-0.4, -0.2) is 13.2 Å². The van der Waals surface area contributed by atoms with Crippen molar-refractivity contribution in [2.24, 2.45) is 0 Å². The highest BCUT2D eigenvalue weighted by molar-refractivity contribution is 5.36. The van der Waals surface area contributed by atoms with E-state index in [1.165, 1.54) is 5.56 Å². The summed E-state index contributed by atoms with van der Waals surface area (Å²) in [6, 6.07) is 11.1. The lowest BCUT2D eigenvalue weighted by Gasteiger charge is -2.31. The Morgan fingerprint density at radius 1 is 1.11 bits per heavy atom. The van der Waals surface area contributed by atoms with Crippen molar-refractivity contribution in [3.05, 3.63) is 35.4 Å². The molecule has 0 unspecified atom stereocenters. The summed E-state index contributed by atoms with van der Waals surface area (Å²) in [6.07, 6.45) is 1.61. The van der Waals surface area contributed by atoms with Gasteiger partial charge >= 0.3 is 0 Å². The van der Waals surface area contributed by atoms with Crippen molar-refractivity contribution >= 4 is 0 Å².